The van der Waals surface area contributed by atoms with E-state index in [2.05, 4.69) is 21.2 Å². The van der Waals surface area contributed by atoms with Crippen LogP contribution in [0.15, 0.2) is 28.7 Å². The minimum Gasteiger partial charge on any atom is -0.321 e. The van der Waals surface area contributed by atoms with Crippen LogP contribution in [0.25, 0.3) is 0 Å². The van der Waals surface area contributed by atoms with Crippen LogP contribution in [0.3, 0.4) is 0 Å². The van der Waals surface area contributed by atoms with Crippen molar-refractivity contribution >= 4 is 37.5 Å². The lowest BCUT2D eigenvalue weighted by Gasteiger charge is -2.27. The largest absolute Gasteiger partial charge is 0.322 e. The molecule has 1 saturated heterocycles. The van der Waals surface area contributed by atoms with Crippen LogP contribution in [0.4, 0.5) is 10.5 Å². The molecule has 0 radical (unpaired) electrons. The Labute approximate surface area is 127 Å². The molecule has 0 bridgehead atoms. The molecular weight excluding hydrogens is 344 g/mol. The van der Waals surface area contributed by atoms with Crippen LogP contribution >= 0.6 is 15.9 Å². The zero-order valence-corrected chi connectivity index (χ0v) is 13.6. The topological polar surface area (TPSA) is 66.5 Å². The summed E-state index contributed by atoms with van der Waals surface area (Å²) in [6, 6.07) is 6.79. The average molecular weight is 361 g/mol. The zero-order valence-electron chi connectivity index (χ0n) is 11.2. The summed E-state index contributed by atoms with van der Waals surface area (Å²) in [5, 5.41) is 2.80. The van der Waals surface area contributed by atoms with E-state index in [-0.39, 0.29) is 23.6 Å². The maximum Gasteiger partial charge on any atom is 0.322 e. The molecule has 20 heavy (non-hydrogen) atoms. The van der Waals surface area contributed by atoms with Crippen molar-refractivity contribution in [3.8, 4) is 0 Å². The third-order valence-corrected chi connectivity index (χ3v) is 5.63. The fourth-order valence-electron chi connectivity index (χ4n) is 2.32. The molecule has 1 fully saturated rings. The van der Waals surface area contributed by atoms with Gasteiger partial charge in [0.05, 0.1) is 11.5 Å². The number of nitrogens with zero attached hydrogens (tertiary/aromatic N) is 1. The number of benzene rings is 1. The molecule has 2 rings (SSSR count). The summed E-state index contributed by atoms with van der Waals surface area (Å²) < 4.78 is 24.0. The van der Waals surface area contributed by atoms with Gasteiger partial charge in [0.1, 0.15) is 0 Å². The third-order valence-electron chi connectivity index (χ3n) is 3.35. The van der Waals surface area contributed by atoms with E-state index >= 15 is 0 Å². The molecule has 5 nitrogen and oxygen atoms in total. The highest BCUT2D eigenvalue weighted by Crippen LogP contribution is 2.19. The van der Waals surface area contributed by atoms with Gasteiger partial charge in [0, 0.05) is 22.7 Å². The minimum atomic E-state index is -2.99. The molecular formula is C13H17BrN2O3S. The van der Waals surface area contributed by atoms with Gasteiger partial charge in [-0.25, -0.2) is 13.2 Å². The molecule has 1 N–H and O–H groups in total. The molecule has 1 aromatic rings. The molecule has 0 aliphatic carbocycles. The highest BCUT2D eigenvalue weighted by Gasteiger charge is 2.33. The van der Waals surface area contributed by atoms with Crippen LogP contribution in [0.2, 0.25) is 0 Å². The Balaban J connectivity index is 2.04. The van der Waals surface area contributed by atoms with E-state index in [0.717, 1.165) is 4.47 Å². The second-order valence-electron chi connectivity index (χ2n) is 4.78. The Morgan fingerprint density at radius 1 is 1.40 bits per heavy atom. The molecule has 1 atom stereocenters. The molecule has 7 heteroatoms. The van der Waals surface area contributed by atoms with Crippen molar-refractivity contribution in [1.29, 1.82) is 0 Å². The normalized spacial score (nSPS) is 20.6. The zero-order chi connectivity index (χ0) is 14.8. The maximum absolute atomic E-state index is 12.2. The predicted molar refractivity (Wildman–Crippen MR) is 82.6 cm³/mol. The van der Waals surface area contributed by atoms with Gasteiger partial charge in [0.15, 0.2) is 9.84 Å². The highest BCUT2D eigenvalue weighted by atomic mass is 79.9. The molecule has 1 heterocycles. The van der Waals surface area contributed by atoms with Gasteiger partial charge in [0.2, 0.25) is 0 Å². The number of rotatable bonds is 3. The van der Waals surface area contributed by atoms with Crippen LogP contribution in [-0.4, -0.2) is 43.4 Å². The number of nitrogens with one attached hydrogen (secondary N) is 1. The number of amides is 2. The number of halogens is 1. The van der Waals surface area contributed by atoms with Crippen molar-refractivity contribution in [2.75, 3.05) is 23.4 Å². The lowest BCUT2D eigenvalue weighted by atomic mass is 10.2. The second-order valence-corrected chi connectivity index (χ2v) is 7.92. The summed E-state index contributed by atoms with van der Waals surface area (Å²) in [5.41, 5.74) is 0.692. The molecule has 0 spiro atoms. The van der Waals surface area contributed by atoms with Crippen molar-refractivity contribution in [3.63, 3.8) is 0 Å². The molecule has 1 aliphatic heterocycles. The van der Waals surface area contributed by atoms with Crippen LogP contribution in [0, 0.1) is 0 Å². The predicted octanol–water partition coefficient (Wildman–Crippen LogP) is 2.49. The number of urea groups is 1. The summed E-state index contributed by atoms with van der Waals surface area (Å²) in [6.45, 7) is 2.34. The number of carbonyl (C=O) groups excluding carboxylic acids is 1. The molecule has 0 saturated carbocycles. The van der Waals surface area contributed by atoms with Gasteiger partial charge < -0.3 is 10.2 Å². The summed E-state index contributed by atoms with van der Waals surface area (Å²) >= 11 is 3.33. The van der Waals surface area contributed by atoms with Gasteiger partial charge in [-0.3, -0.25) is 0 Å². The number of sulfone groups is 1. The quantitative estimate of drug-likeness (QED) is 0.900. The van der Waals surface area contributed by atoms with E-state index in [1.165, 1.54) is 0 Å². The summed E-state index contributed by atoms with van der Waals surface area (Å²) in [5.74, 6) is 0.230. The Kier molecular flexibility index (Phi) is 4.70. The van der Waals surface area contributed by atoms with Crippen molar-refractivity contribution in [2.24, 2.45) is 0 Å². The molecule has 110 valence electrons. The monoisotopic (exact) mass is 360 g/mol. The average Bonchev–Trinajstić information content (AvgIpc) is 2.73. The Bertz CT molecular complexity index is 586. The smallest absolute Gasteiger partial charge is 0.321 e. The number of anilines is 1. The minimum absolute atomic E-state index is 0.0641. The van der Waals surface area contributed by atoms with E-state index in [1.807, 2.05) is 19.1 Å². The molecule has 1 aliphatic rings. The van der Waals surface area contributed by atoms with E-state index in [0.29, 0.717) is 18.7 Å². The summed E-state index contributed by atoms with van der Waals surface area (Å²) in [7, 11) is -2.99. The lowest BCUT2D eigenvalue weighted by Crippen LogP contribution is -2.43. The van der Waals surface area contributed by atoms with Crippen LogP contribution in [-0.2, 0) is 9.84 Å². The van der Waals surface area contributed by atoms with E-state index < -0.39 is 9.84 Å². The van der Waals surface area contributed by atoms with E-state index in [9.17, 15) is 13.2 Å². The van der Waals surface area contributed by atoms with Gasteiger partial charge in [-0.05, 0) is 37.6 Å². The van der Waals surface area contributed by atoms with Crippen LogP contribution < -0.4 is 5.32 Å². The number of hydrogen-bond donors (Lipinski definition) is 1. The van der Waals surface area contributed by atoms with Crippen molar-refractivity contribution < 1.29 is 13.2 Å². The first kappa shape index (κ1) is 15.3. The first-order valence-corrected chi connectivity index (χ1v) is 9.06. The molecule has 0 aromatic heterocycles. The second kappa shape index (κ2) is 6.13. The van der Waals surface area contributed by atoms with E-state index in [1.54, 1.807) is 17.0 Å². The number of carbonyl (C=O) groups is 1. The van der Waals surface area contributed by atoms with Gasteiger partial charge in [-0.2, -0.15) is 0 Å². The first-order chi connectivity index (χ1) is 9.41. The molecule has 1 unspecified atom stereocenters. The SMILES string of the molecule is CCN(C(=O)Nc1ccc(Br)cc1)C1CCS(=O)(=O)C1. The molecule has 1 aromatic carbocycles. The third kappa shape index (κ3) is 3.73. The van der Waals surface area contributed by atoms with Gasteiger partial charge >= 0.3 is 6.03 Å². The van der Waals surface area contributed by atoms with Gasteiger partial charge in [-0.15, -0.1) is 0 Å². The van der Waals surface area contributed by atoms with E-state index in [4.69, 9.17) is 0 Å². The Morgan fingerprint density at radius 2 is 2.05 bits per heavy atom. The lowest BCUT2D eigenvalue weighted by molar-refractivity contribution is 0.197. The first-order valence-electron chi connectivity index (χ1n) is 6.45. The standard InChI is InChI=1S/C13H17BrN2O3S/c1-2-16(12-7-8-20(18,19)9-12)13(17)15-11-5-3-10(14)4-6-11/h3-6,12H,2,7-9H2,1H3,(H,15,17). The Morgan fingerprint density at radius 3 is 2.55 bits per heavy atom. The highest BCUT2D eigenvalue weighted by molar-refractivity contribution is 9.10. The number of hydrogen-bond acceptors (Lipinski definition) is 3. The summed E-state index contributed by atoms with van der Waals surface area (Å²) in [4.78, 5) is 13.8. The maximum atomic E-state index is 12.2. The van der Waals surface area contributed by atoms with Crippen LogP contribution in [0.5, 0.6) is 0 Å². The van der Waals surface area contributed by atoms with Crippen molar-refractivity contribution in [3.05, 3.63) is 28.7 Å². The fourth-order valence-corrected chi connectivity index (χ4v) is 4.31. The van der Waals surface area contributed by atoms with Gasteiger partial charge in [0.25, 0.3) is 0 Å². The molecule has 2 amide bonds. The summed E-state index contributed by atoms with van der Waals surface area (Å²) in [6.07, 6.45) is 0.518. The van der Waals surface area contributed by atoms with Gasteiger partial charge in [-0.1, -0.05) is 15.9 Å². The van der Waals surface area contributed by atoms with Crippen molar-refractivity contribution in [2.45, 2.75) is 19.4 Å². The van der Waals surface area contributed by atoms with Crippen molar-refractivity contribution in [1.82, 2.24) is 4.90 Å². The fraction of sp³-hybridized carbons (Fsp3) is 0.462. The van der Waals surface area contributed by atoms with Crippen LogP contribution in [0.1, 0.15) is 13.3 Å². The Hall–Kier alpha value is -1.08.